The first-order valence-electron chi connectivity index (χ1n) is 7.27. The van der Waals surface area contributed by atoms with Crippen molar-refractivity contribution in [2.24, 2.45) is 17.8 Å². The zero-order chi connectivity index (χ0) is 14.3. The van der Waals surface area contributed by atoms with E-state index in [1.807, 2.05) is 6.07 Å². The van der Waals surface area contributed by atoms with Crippen LogP contribution in [0.3, 0.4) is 0 Å². The Morgan fingerprint density at radius 1 is 1.40 bits per heavy atom. The summed E-state index contributed by atoms with van der Waals surface area (Å²) in [5.41, 5.74) is 1.64. The maximum Gasteiger partial charge on any atom is 0.308 e. The van der Waals surface area contributed by atoms with E-state index in [9.17, 15) is 14.3 Å². The number of carbonyl (C=O) groups is 1. The zero-order valence-corrected chi connectivity index (χ0v) is 11.6. The molecule has 2 bridgehead atoms. The van der Waals surface area contributed by atoms with Crippen LogP contribution in [0, 0.1) is 30.5 Å². The molecule has 0 heterocycles. The SMILES string of the molecule is Cc1cc(CNC2C3CCC(C3)C2C(=O)O)ccc1F. The van der Waals surface area contributed by atoms with Crippen molar-refractivity contribution in [2.45, 2.75) is 38.8 Å². The van der Waals surface area contributed by atoms with Gasteiger partial charge < -0.3 is 10.4 Å². The predicted octanol–water partition coefficient (Wildman–Crippen LogP) is 2.72. The number of aliphatic carboxylic acids is 1. The van der Waals surface area contributed by atoms with Crippen LogP contribution in [0.25, 0.3) is 0 Å². The van der Waals surface area contributed by atoms with Crippen LogP contribution >= 0.6 is 0 Å². The maximum absolute atomic E-state index is 13.2. The number of benzene rings is 1. The normalized spacial score (nSPS) is 31.7. The van der Waals surface area contributed by atoms with Crippen molar-refractivity contribution in [1.29, 1.82) is 0 Å². The monoisotopic (exact) mass is 277 g/mol. The average molecular weight is 277 g/mol. The fraction of sp³-hybridized carbons (Fsp3) is 0.562. The number of halogens is 1. The molecule has 3 rings (SSSR count). The summed E-state index contributed by atoms with van der Waals surface area (Å²) in [5.74, 6) is -0.301. The highest BCUT2D eigenvalue weighted by Gasteiger charge is 2.50. The molecule has 0 spiro atoms. The predicted molar refractivity (Wildman–Crippen MR) is 73.7 cm³/mol. The summed E-state index contributed by atoms with van der Waals surface area (Å²) in [5, 5.41) is 12.8. The highest BCUT2D eigenvalue weighted by molar-refractivity contribution is 5.72. The largest absolute Gasteiger partial charge is 0.481 e. The van der Waals surface area contributed by atoms with Crippen LogP contribution in [0.1, 0.15) is 30.4 Å². The maximum atomic E-state index is 13.2. The highest BCUT2D eigenvalue weighted by Crippen LogP contribution is 2.48. The van der Waals surface area contributed by atoms with E-state index in [4.69, 9.17) is 0 Å². The number of fused-ring (bicyclic) bond motifs is 2. The van der Waals surface area contributed by atoms with E-state index < -0.39 is 5.97 Å². The van der Waals surface area contributed by atoms with Gasteiger partial charge in [0.05, 0.1) is 5.92 Å². The van der Waals surface area contributed by atoms with Crippen molar-refractivity contribution >= 4 is 5.97 Å². The van der Waals surface area contributed by atoms with Gasteiger partial charge in [0.1, 0.15) is 5.82 Å². The van der Waals surface area contributed by atoms with Crippen molar-refractivity contribution < 1.29 is 14.3 Å². The Morgan fingerprint density at radius 3 is 2.85 bits per heavy atom. The molecular weight excluding hydrogens is 257 g/mol. The van der Waals surface area contributed by atoms with Gasteiger partial charge in [0, 0.05) is 12.6 Å². The highest BCUT2D eigenvalue weighted by atomic mass is 19.1. The lowest BCUT2D eigenvalue weighted by molar-refractivity contribution is -0.144. The number of aryl methyl sites for hydroxylation is 1. The van der Waals surface area contributed by atoms with Gasteiger partial charge in [-0.1, -0.05) is 12.1 Å². The molecule has 2 saturated carbocycles. The van der Waals surface area contributed by atoms with Gasteiger partial charge >= 0.3 is 5.97 Å². The van der Waals surface area contributed by atoms with Gasteiger partial charge in [0.15, 0.2) is 0 Å². The average Bonchev–Trinajstić information content (AvgIpc) is 3.00. The molecule has 2 fully saturated rings. The number of nitrogens with one attached hydrogen (secondary N) is 1. The molecule has 1 aromatic rings. The van der Waals surface area contributed by atoms with Gasteiger partial charge in [-0.15, -0.1) is 0 Å². The van der Waals surface area contributed by atoms with Gasteiger partial charge in [0.2, 0.25) is 0 Å². The van der Waals surface area contributed by atoms with Gasteiger partial charge in [-0.3, -0.25) is 4.79 Å². The minimum absolute atomic E-state index is 0.0663. The van der Waals surface area contributed by atoms with E-state index in [0.717, 1.165) is 24.8 Å². The second kappa shape index (κ2) is 5.17. The first kappa shape index (κ1) is 13.6. The fourth-order valence-electron chi connectivity index (χ4n) is 3.99. The van der Waals surface area contributed by atoms with E-state index in [0.29, 0.717) is 23.9 Å². The number of hydrogen-bond donors (Lipinski definition) is 2. The third-order valence-electron chi connectivity index (χ3n) is 4.97. The molecular formula is C16H20FNO2. The van der Waals surface area contributed by atoms with Crippen molar-refractivity contribution in [1.82, 2.24) is 5.32 Å². The number of rotatable bonds is 4. The molecule has 108 valence electrons. The molecule has 1 aromatic carbocycles. The van der Waals surface area contributed by atoms with Crippen LogP contribution in [0.5, 0.6) is 0 Å². The minimum atomic E-state index is -0.676. The molecule has 0 radical (unpaired) electrons. The molecule has 0 saturated heterocycles. The summed E-state index contributed by atoms with van der Waals surface area (Å²) in [6, 6.07) is 5.13. The van der Waals surface area contributed by atoms with Gasteiger partial charge in [-0.2, -0.15) is 0 Å². The second-order valence-electron chi connectivity index (χ2n) is 6.19. The number of carboxylic acids is 1. The van der Waals surface area contributed by atoms with Crippen molar-refractivity contribution in [3.8, 4) is 0 Å². The molecule has 0 aliphatic heterocycles. The van der Waals surface area contributed by atoms with Crippen LogP contribution in [-0.2, 0) is 11.3 Å². The summed E-state index contributed by atoms with van der Waals surface area (Å²) in [6.45, 7) is 2.36. The molecule has 2 aliphatic carbocycles. The Morgan fingerprint density at radius 2 is 2.15 bits per heavy atom. The molecule has 0 aromatic heterocycles. The van der Waals surface area contributed by atoms with E-state index in [1.165, 1.54) is 6.07 Å². The molecule has 20 heavy (non-hydrogen) atoms. The Balaban J connectivity index is 1.68. The Kier molecular flexibility index (Phi) is 3.50. The van der Waals surface area contributed by atoms with Gasteiger partial charge in [-0.25, -0.2) is 4.39 Å². The third-order valence-corrected chi connectivity index (χ3v) is 4.97. The van der Waals surface area contributed by atoms with Crippen LogP contribution in [0.4, 0.5) is 4.39 Å². The van der Waals surface area contributed by atoms with Crippen LogP contribution in [0.15, 0.2) is 18.2 Å². The summed E-state index contributed by atoms with van der Waals surface area (Å²) in [6.07, 6.45) is 3.22. The van der Waals surface area contributed by atoms with Crippen molar-refractivity contribution in [3.63, 3.8) is 0 Å². The van der Waals surface area contributed by atoms with Crippen molar-refractivity contribution in [2.75, 3.05) is 0 Å². The lowest BCUT2D eigenvalue weighted by atomic mass is 9.84. The summed E-state index contributed by atoms with van der Waals surface area (Å²) >= 11 is 0. The van der Waals surface area contributed by atoms with E-state index >= 15 is 0 Å². The van der Waals surface area contributed by atoms with Crippen molar-refractivity contribution in [3.05, 3.63) is 35.1 Å². The number of carboxylic acid groups (broad SMARTS) is 1. The van der Waals surface area contributed by atoms with Gasteiger partial charge in [0.25, 0.3) is 0 Å². The summed E-state index contributed by atoms with van der Waals surface area (Å²) in [7, 11) is 0. The smallest absolute Gasteiger partial charge is 0.308 e. The second-order valence-corrected chi connectivity index (χ2v) is 6.19. The minimum Gasteiger partial charge on any atom is -0.481 e. The van der Waals surface area contributed by atoms with Gasteiger partial charge in [-0.05, 0) is 55.2 Å². The Bertz CT molecular complexity index is 531. The first-order chi connectivity index (χ1) is 9.56. The van der Waals surface area contributed by atoms with Crippen LogP contribution in [-0.4, -0.2) is 17.1 Å². The summed E-state index contributed by atoms with van der Waals surface area (Å²) in [4.78, 5) is 11.4. The molecule has 4 heteroatoms. The Labute approximate surface area is 118 Å². The quantitative estimate of drug-likeness (QED) is 0.889. The van der Waals surface area contributed by atoms with Crippen LogP contribution in [0.2, 0.25) is 0 Å². The lowest BCUT2D eigenvalue weighted by Crippen LogP contribution is -2.43. The molecule has 2 aliphatic rings. The molecule has 2 N–H and O–H groups in total. The lowest BCUT2D eigenvalue weighted by Gasteiger charge is -2.29. The van der Waals surface area contributed by atoms with E-state index in [2.05, 4.69) is 5.32 Å². The summed E-state index contributed by atoms with van der Waals surface area (Å²) < 4.78 is 13.2. The molecule has 4 unspecified atom stereocenters. The zero-order valence-electron chi connectivity index (χ0n) is 11.6. The third kappa shape index (κ3) is 2.33. The van der Waals surface area contributed by atoms with E-state index in [-0.39, 0.29) is 17.8 Å². The van der Waals surface area contributed by atoms with E-state index in [1.54, 1.807) is 13.0 Å². The molecule has 0 amide bonds. The topological polar surface area (TPSA) is 49.3 Å². The molecule has 4 atom stereocenters. The molecule has 3 nitrogen and oxygen atoms in total. The fourth-order valence-corrected chi connectivity index (χ4v) is 3.99. The Hall–Kier alpha value is -1.42. The first-order valence-corrected chi connectivity index (χ1v) is 7.27. The number of hydrogen-bond acceptors (Lipinski definition) is 2. The van der Waals surface area contributed by atoms with Crippen LogP contribution < -0.4 is 5.32 Å². The standard InChI is InChI=1S/C16H20FNO2/c1-9-6-10(2-5-13(9)17)8-18-15-12-4-3-11(7-12)14(15)16(19)20/h2,5-6,11-12,14-15,18H,3-4,7-8H2,1H3,(H,19,20).